The number of unbranched alkanes of at least 4 members (excludes halogenated alkanes) is 2. The first-order valence-electron chi connectivity index (χ1n) is 6.25. The van der Waals surface area contributed by atoms with Crippen LogP contribution in [0.1, 0.15) is 31.7 Å². The standard InChI is InChI=1S/C14H16N2O2/c1-2-3-4-7-11-10-14(16(17)18)15-13-9-6-5-8-12(11)13/h5-6,8-10H,2-4,7H2,1H3. The van der Waals surface area contributed by atoms with E-state index in [1.807, 2.05) is 24.3 Å². The van der Waals surface area contributed by atoms with Gasteiger partial charge in [0.2, 0.25) is 0 Å². The number of aromatic nitrogens is 1. The van der Waals surface area contributed by atoms with Gasteiger partial charge in [-0.2, -0.15) is 0 Å². The molecule has 0 spiro atoms. The molecular weight excluding hydrogens is 228 g/mol. The molecule has 1 heterocycles. The predicted molar refractivity (Wildman–Crippen MR) is 71.6 cm³/mol. The summed E-state index contributed by atoms with van der Waals surface area (Å²) in [6.45, 7) is 2.15. The SMILES string of the molecule is CCCCCc1cc([N+](=O)[O-])nc2ccccc12. The van der Waals surface area contributed by atoms with Crippen molar-refractivity contribution in [2.75, 3.05) is 0 Å². The maximum Gasteiger partial charge on any atom is 0.364 e. The molecule has 4 nitrogen and oxygen atoms in total. The molecule has 94 valence electrons. The zero-order valence-corrected chi connectivity index (χ0v) is 10.4. The van der Waals surface area contributed by atoms with Gasteiger partial charge in [-0.25, -0.2) is 0 Å². The molecule has 0 unspecified atom stereocenters. The average Bonchev–Trinajstić information content (AvgIpc) is 2.38. The Morgan fingerprint density at radius 2 is 2.06 bits per heavy atom. The van der Waals surface area contributed by atoms with Gasteiger partial charge in [-0.3, -0.25) is 0 Å². The molecule has 2 rings (SSSR count). The summed E-state index contributed by atoms with van der Waals surface area (Å²) in [4.78, 5) is 14.5. The third-order valence-corrected chi connectivity index (χ3v) is 3.03. The van der Waals surface area contributed by atoms with E-state index in [-0.39, 0.29) is 5.82 Å². The molecule has 0 atom stereocenters. The lowest BCUT2D eigenvalue weighted by Gasteiger charge is -2.04. The molecule has 0 bridgehead atoms. The Balaban J connectivity index is 2.43. The van der Waals surface area contributed by atoms with E-state index >= 15 is 0 Å². The number of nitro groups is 1. The van der Waals surface area contributed by atoms with E-state index in [0.29, 0.717) is 5.52 Å². The Hall–Kier alpha value is -1.97. The van der Waals surface area contributed by atoms with Gasteiger partial charge in [0.15, 0.2) is 5.52 Å². The Morgan fingerprint density at radius 1 is 1.28 bits per heavy atom. The van der Waals surface area contributed by atoms with Gasteiger partial charge in [0.1, 0.15) is 0 Å². The van der Waals surface area contributed by atoms with Crippen molar-refractivity contribution in [2.24, 2.45) is 0 Å². The van der Waals surface area contributed by atoms with Crippen molar-refractivity contribution in [3.05, 3.63) is 46.0 Å². The smallest absolute Gasteiger partial charge is 0.358 e. The van der Waals surface area contributed by atoms with Gasteiger partial charge in [0, 0.05) is 11.5 Å². The highest BCUT2D eigenvalue weighted by Gasteiger charge is 2.13. The topological polar surface area (TPSA) is 56.0 Å². The third kappa shape index (κ3) is 2.64. The van der Waals surface area contributed by atoms with Crippen LogP contribution in [0.25, 0.3) is 10.9 Å². The van der Waals surface area contributed by atoms with E-state index in [1.54, 1.807) is 6.07 Å². The van der Waals surface area contributed by atoms with Crippen molar-refractivity contribution in [3.63, 3.8) is 0 Å². The predicted octanol–water partition coefficient (Wildman–Crippen LogP) is 3.88. The van der Waals surface area contributed by atoms with E-state index < -0.39 is 4.92 Å². The summed E-state index contributed by atoms with van der Waals surface area (Å²) in [6.07, 6.45) is 4.22. The van der Waals surface area contributed by atoms with Gasteiger partial charge in [-0.05, 0) is 34.4 Å². The maximum absolute atomic E-state index is 10.9. The van der Waals surface area contributed by atoms with Crippen LogP contribution in [-0.4, -0.2) is 9.91 Å². The average molecular weight is 244 g/mol. The van der Waals surface area contributed by atoms with Crippen LogP contribution in [0, 0.1) is 10.1 Å². The minimum atomic E-state index is -0.421. The van der Waals surface area contributed by atoms with Gasteiger partial charge >= 0.3 is 5.82 Å². The maximum atomic E-state index is 10.9. The van der Waals surface area contributed by atoms with Crippen molar-refractivity contribution in [1.82, 2.24) is 4.98 Å². The van der Waals surface area contributed by atoms with Crippen LogP contribution in [0.4, 0.5) is 5.82 Å². The Kier molecular flexibility index (Phi) is 3.87. The number of hydrogen-bond donors (Lipinski definition) is 0. The first-order chi connectivity index (χ1) is 8.72. The first kappa shape index (κ1) is 12.5. The summed E-state index contributed by atoms with van der Waals surface area (Å²) in [5.41, 5.74) is 1.74. The second-order valence-electron chi connectivity index (χ2n) is 4.37. The fourth-order valence-electron chi connectivity index (χ4n) is 2.10. The summed E-state index contributed by atoms with van der Waals surface area (Å²) in [7, 11) is 0. The third-order valence-electron chi connectivity index (χ3n) is 3.03. The second-order valence-corrected chi connectivity index (χ2v) is 4.37. The van der Waals surface area contributed by atoms with Gasteiger partial charge in [-0.1, -0.05) is 38.0 Å². The van der Waals surface area contributed by atoms with E-state index in [0.717, 1.165) is 36.6 Å². The summed E-state index contributed by atoms with van der Waals surface area (Å²) in [5, 5.41) is 11.9. The van der Waals surface area contributed by atoms with Crippen molar-refractivity contribution in [2.45, 2.75) is 32.6 Å². The van der Waals surface area contributed by atoms with Crippen molar-refractivity contribution < 1.29 is 4.92 Å². The molecule has 0 N–H and O–H groups in total. The lowest BCUT2D eigenvalue weighted by atomic mass is 10.0. The second kappa shape index (κ2) is 5.58. The van der Waals surface area contributed by atoms with Crippen molar-refractivity contribution in [1.29, 1.82) is 0 Å². The van der Waals surface area contributed by atoms with Gasteiger partial charge in [0.25, 0.3) is 0 Å². The van der Waals surface area contributed by atoms with Crippen LogP contribution >= 0.6 is 0 Å². The number of rotatable bonds is 5. The number of para-hydroxylation sites is 1. The van der Waals surface area contributed by atoms with Gasteiger partial charge < -0.3 is 10.1 Å². The molecule has 1 aromatic heterocycles. The number of pyridine rings is 1. The Labute approximate surface area is 106 Å². The summed E-state index contributed by atoms with van der Waals surface area (Å²) < 4.78 is 0. The molecule has 18 heavy (non-hydrogen) atoms. The van der Waals surface area contributed by atoms with Crippen LogP contribution in [-0.2, 0) is 6.42 Å². The first-order valence-corrected chi connectivity index (χ1v) is 6.25. The monoisotopic (exact) mass is 244 g/mol. The molecule has 0 radical (unpaired) electrons. The van der Waals surface area contributed by atoms with Crippen LogP contribution in [0.5, 0.6) is 0 Å². The van der Waals surface area contributed by atoms with E-state index in [1.165, 1.54) is 0 Å². The molecule has 0 amide bonds. The van der Waals surface area contributed by atoms with E-state index in [4.69, 9.17) is 0 Å². The normalized spacial score (nSPS) is 10.7. The fourth-order valence-corrected chi connectivity index (χ4v) is 2.10. The fraction of sp³-hybridized carbons (Fsp3) is 0.357. The molecule has 0 aliphatic heterocycles. The van der Waals surface area contributed by atoms with E-state index in [2.05, 4.69) is 11.9 Å². The molecule has 0 saturated carbocycles. The van der Waals surface area contributed by atoms with Crippen LogP contribution in [0.2, 0.25) is 0 Å². The van der Waals surface area contributed by atoms with E-state index in [9.17, 15) is 10.1 Å². The lowest BCUT2D eigenvalue weighted by molar-refractivity contribution is -0.389. The minimum absolute atomic E-state index is 0.0554. The number of nitrogens with zero attached hydrogens (tertiary/aromatic N) is 2. The van der Waals surface area contributed by atoms with Gasteiger partial charge in [-0.15, -0.1) is 0 Å². The highest BCUT2D eigenvalue weighted by atomic mass is 16.6. The quantitative estimate of drug-likeness (QED) is 0.455. The summed E-state index contributed by atoms with van der Waals surface area (Å²) >= 11 is 0. The summed E-state index contributed by atoms with van der Waals surface area (Å²) in [5.74, 6) is -0.0554. The molecule has 0 fully saturated rings. The largest absolute Gasteiger partial charge is 0.364 e. The molecule has 0 saturated heterocycles. The van der Waals surface area contributed by atoms with Gasteiger partial charge in [0.05, 0.1) is 0 Å². The number of fused-ring (bicyclic) bond motifs is 1. The highest BCUT2D eigenvalue weighted by molar-refractivity contribution is 5.83. The number of hydrogen-bond acceptors (Lipinski definition) is 3. The Morgan fingerprint density at radius 3 is 2.78 bits per heavy atom. The molecule has 0 aliphatic rings. The molecule has 1 aromatic carbocycles. The lowest BCUT2D eigenvalue weighted by Crippen LogP contribution is -1.96. The number of aryl methyl sites for hydroxylation is 1. The molecular formula is C14H16N2O2. The molecule has 4 heteroatoms. The van der Waals surface area contributed by atoms with Crippen LogP contribution in [0.3, 0.4) is 0 Å². The molecule has 0 aliphatic carbocycles. The zero-order valence-electron chi connectivity index (χ0n) is 10.4. The van der Waals surface area contributed by atoms with Crippen LogP contribution in [0.15, 0.2) is 30.3 Å². The zero-order chi connectivity index (χ0) is 13.0. The van der Waals surface area contributed by atoms with Crippen molar-refractivity contribution >= 4 is 16.7 Å². The summed E-state index contributed by atoms with van der Waals surface area (Å²) in [6, 6.07) is 9.21. The van der Waals surface area contributed by atoms with Crippen LogP contribution < -0.4 is 0 Å². The minimum Gasteiger partial charge on any atom is -0.358 e. The van der Waals surface area contributed by atoms with Crippen molar-refractivity contribution in [3.8, 4) is 0 Å². The highest BCUT2D eigenvalue weighted by Crippen LogP contribution is 2.23. The number of benzene rings is 1. The Bertz CT molecular complexity index is 567. The molecule has 2 aromatic rings.